The summed E-state index contributed by atoms with van der Waals surface area (Å²) in [6.45, 7) is 1.66. The molecule has 0 saturated carbocycles. The Balaban J connectivity index is 2.27. The number of halogens is 1. The number of carbonyl (C=O) groups is 1. The second-order valence-electron chi connectivity index (χ2n) is 3.51. The van der Waals surface area contributed by atoms with Gasteiger partial charge in [0.15, 0.2) is 5.71 Å². The van der Waals surface area contributed by atoms with Gasteiger partial charge in [0.1, 0.15) is 5.71 Å². The van der Waals surface area contributed by atoms with Gasteiger partial charge in [-0.25, -0.2) is 4.79 Å². The Kier molecular flexibility index (Phi) is 3.10. The van der Waals surface area contributed by atoms with Gasteiger partial charge in [-0.05, 0) is 25.1 Å². The summed E-state index contributed by atoms with van der Waals surface area (Å²) < 4.78 is 0. The minimum absolute atomic E-state index is 0.201. The van der Waals surface area contributed by atoms with Crippen LogP contribution in [0.2, 0.25) is 5.02 Å². The van der Waals surface area contributed by atoms with E-state index in [0.29, 0.717) is 10.7 Å². The lowest BCUT2D eigenvalue weighted by atomic mass is 10.3. The summed E-state index contributed by atoms with van der Waals surface area (Å²) in [5.74, 6) is -0.545. The summed E-state index contributed by atoms with van der Waals surface area (Å²) >= 11 is 5.87. The fourth-order valence-corrected chi connectivity index (χ4v) is 1.53. The van der Waals surface area contributed by atoms with Gasteiger partial charge in [0.25, 0.3) is 0 Å². The Hall–Kier alpha value is -1.88. The number of nitrogens with zero attached hydrogens (tertiary/aromatic N) is 3. The second-order valence-corrected chi connectivity index (χ2v) is 3.94. The van der Waals surface area contributed by atoms with Crippen LogP contribution >= 0.6 is 11.6 Å². The summed E-state index contributed by atoms with van der Waals surface area (Å²) in [6.07, 6.45) is 0. The summed E-state index contributed by atoms with van der Waals surface area (Å²) in [5, 5.41) is 9.84. The van der Waals surface area contributed by atoms with Crippen molar-refractivity contribution in [2.75, 3.05) is 12.1 Å². The first-order chi connectivity index (χ1) is 8.08. The number of anilines is 1. The molecule has 1 aliphatic rings. The van der Waals surface area contributed by atoms with E-state index >= 15 is 0 Å². The van der Waals surface area contributed by atoms with Crippen molar-refractivity contribution in [3.8, 4) is 0 Å². The van der Waals surface area contributed by atoms with E-state index < -0.39 is 5.97 Å². The summed E-state index contributed by atoms with van der Waals surface area (Å²) in [5.41, 5.74) is 1.44. The molecule has 0 fully saturated rings. The predicted octanol–water partition coefficient (Wildman–Crippen LogP) is 2.06. The van der Waals surface area contributed by atoms with Gasteiger partial charge >= 0.3 is 5.97 Å². The predicted molar refractivity (Wildman–Crippen MR) is 66.5 cm³/mol. The van der Waals surface area contributed by atoms with Gasteiger partial charge < -0.3 is 4.84 Å². The van der Waals surface area contributed by atoms with Crippen molar-refractivity contribution < 1.29 is 9.63 Å². The fourth-order valence-electron chi connectivity index (χ4n) is 1.34. The number of hydrogen-bond acceptors (Lipinski definition) is 5. The molecule has 0 unspecified atom stereocenters. The van der Waals surface area contributed by atoms with Gasteiger partial charge in [0.2, 0.25) is 0 Å². The first-order valence-electron chi connectivity index (χ1n) is 4.92. The topological polar surface area (TPSA) is 54.3 Å². The van der Waals surface area contributed by atoms with Crippen molar-refractivity contribution in [1.82, 2.24) is 0 Å². The Morgan fingerprint density at radius 2 is 2.24 bits per heavy atom. The van der Waals surface area contributed by atoms with Crippen molar-refractivity contribution >= 4 is 34.7 Å². The lowest BCUT2D eigenvalue weighted by Gasteiger charge is -2.13. The molecule has 5 nitrogen and oxygen atoms in total. The van der Waals surface area contributed by atoms with E-state index in [9.17, 15) is 4.79 Å². The van der Waals surface area contributed by atoms with E-state index in [0.717, 1.165) is 5.69 Å². The summed E-state index contributed by atoms with van der Waals surface area (Å²) in [7, 11) is 1.72. The van der Waals surface area contributed by atoms with Crippen molar-refractivity contribution in [3.05, 3.63) is 29.3 Å². The highest BCUT2D eigenvalue weighted by Gasteiger charge is 2.25. The van der Waals surface area contributed by atoms with Crippen LogP contribution in [0.25, 0.3) is 0 Å². The zero-order valence-corrected chi connectivity index (χ0v) is 10.1. The average molecular weight is 252 g/mol. The fraction of sp³-hybridized carbons (Fsp3) is 0.182. The van der Waals surface area contributed by atoms with E-state index in [1.54, 1.807) is 31.1 Å². The van der Waals surface area contributed by atoms with Crippen LogP contribution in [0.4, 0.5) is 5.69 Å². The number of oxime groups is 1. The maximum absolute atomic E-state index is 11.3. The van der Waals surface area contributed by atoms with Gasteiger partial charge in [-0.2, -0.15) is 5.10 Å². The lowest BCUT2D eigenvalue weighted by Crippen LogP contribution is -2.21. The number of hydrogen-bond donors (Lipinski definition) is 0. The molecule has 0 N–H and O–H groups in total. The Morgan fingerprint density at radius 3 is 2.82 bits per heavy atom. The molecule has 0 bridgehead atoms. The molecule has 0 atom stereocenters. The first-order valence-corrected chi connectivity index (χ1v) is 5.30. The smallest absolute Gasteiger partial charge is 0.311 e. The molecule has 1 heterocycles. The molecule has 17 heavy (non-hydrogen) atoms. The van der Waals surface area contributed by atoms with Crippen LogP contribution in [0.3, 0.4) is 0 Å². The molecule has 0 spiro atoms. The van der Waals surface area contributed by atoms with Crippen LogP contribution in [0, 0.1) is 0 Å². The molecule has 2 rings (SSSR count). The highest BCUT2D eigenvalue weighted by Crippen LogP contribution is 2.18. The molecule has 0 saturated heterocycles. The number of carbonyl (C=O) groups excluding carboxylic acids is 1. The Labute approximate surface area is 103 Å². The van der Waals surface area contributed by atoms with E-state index in [4.69, 9.17) is 11.6 Å². The van der Waals surface area contributed by atoms with Crippen LogP contribution in [0.1, 0.15) is 6.92 Å². The van der Waals surface area contributed by atoms with Crippen LogP contribution in [-0.2, 0) is 9.63 Å². The van der Waals surface area contributed by atoms with E-state index in [1.807, 2.05) is 12.1 Å². The number of rotatable bonds is 2. The standard InChI is InChI=1S/C11H10ClN3O2/c1-7-10(11(16)17-14-7)13-15(2)9-5-3-4-8(12)6-9/h3-6H,1-2H3/b13-10-. The second kappa shape index (κ2) is 4.55. The summed E-state index contributed by atoms with van der Waals surface area (Å²) in [6, 6.07) is 7.16. The third-order valence-electron chi connectivity index (χ3n) is 2.23. The van der Waals surface area contributed by atoms with Gasteiger partial charge in [-0.1, -0.05) is 22.8 Å². The third-order valence-corrected chi connectivity index (χ3v) is 2.47. The molecule has 0 radical (unpaired) electrons. The molecular formula is C11H10ClN3O2. The highest BCUT2D eigenvalue weighted by atomic mass is 35.5. The van der Waals surface area contributed by atoms with E-state index in [-0.39, 0.29) is 5.71 Å². The van der Waals surface area contributed by atoms with Gasteiger partial charge in [0.05, 0.1) is 5.69 Å². The first kappa shape index (κ1) is 11.6. The van der Waals surface area contributed by atoms with Crippen LogP contribution < -0.4 is 5.01 Å². The van der Waals surface area contributed by atoms with Crippen molar-refractivity contribution in [1.29, 1.82) is 0 Å². The van der Waals surface area contributed by atoms with E-state index in [2.05, 4.69) is 15.1 Å². The molecule has 1 aromatic carbocycles. The van der Waals surface area contributed by atoms with Crippen LogP contribution in [0.15, 0.2) is 34.5 Å². The zero-order valence-electron chi connectivity index (χ0n) is 9.35. The number of hydrazone groups is 1. The molecule has 0 aliphatic carbocycles. The summed E-state index contributed by atoms with van der Waals surface area (Å²) in [4.78, 5) is 15.8. The lowest BCUT2D eigenvalue weighted by molar-refractivity contribution is -0.134. The highest BCUT2D eigenvalue weighted by molar-refractivity contribution is 6.66. The van der Waals surface area contributed by atoms with Crippen molar-refractivity contribution in [2.45, 2.75) is 6.92 Å². The van der Waals surface area contributed by atoms with Crippen molar-refractivity contribution in [2.24, 2.45) is 10.3 Å². The number of benzene rings is 1. The minimum atomic E-state index is -0.545. The monoisotopic (exact) mass is 251 g/mol. The molecule has 88 valence electrons. The third kappa shape index (κ3) is 2.45. The van der Waals surface area contributed by atoms with Gasteiger partial charge in [0, 0.05) is 12.1 Å². The van der Waals surface area contributed by atoms with Gasteiger partial charge in [-0.3, -0.25) is 5.01 Å². The average Bonchev–Trinajstić information content (AvgIpc) is 2.61. The van der Waals surface area contributed by atoms with E-state index in [1.165, 1.54) is 0 Å². The van der Waals surface area contributed by atoms with Crippen LogP contribution in [-0.4, -0.2) is 24.4 Å². The molecule has 6 heteroatoms. The molecule has 1 aliphatic heterocycles. The molecular weight excluding hydrogens is 242 g/mol. The maximum Gasteiger partial charge on any atom is 0.387 e. The minimum Gasteiger partial charge on any atom is -0.311 e. The molecule has 0 amide bonds. The largest absolute Gasteiger partial charge is 0.387 e. The van der Waals surface area contributed by atoms with Gasteiger partial charge in [-0.15, -0.1) is 0 Å². The molecule has 0 aromatic heterocycles. The normalized spacial score (nSPS) is 17.0. The van der Waals surface area contributed by atoms with Crippen molar-refractivity contribution in [3.63, 3.8) is 0 Å². The zero-order chi connectivity index (χ0) is 12.4. The van der Waals surface area contributed by atoms with Crippen LogP contribution in [0.5, 0.6) is 0 Å². The Morgan fingerprint density at radius 1 is 1.47 bits per heavy atom. The molecule has 1 aromatic rings. The quantitative estimate of drug-likeness (QED) is 0.597. The maximum atomic E-state index is 11.3. The Bertz CT molecular complexity index is 525. The SMILES string of the molecule is CC1=NOC(=O)/C1=N\N(C)c1cccc(Cl)c1.